The fourth-order valence-corrected chi connectivity index (χ4v) is 3.50. The van der Waals surface area contributed by atoms with Crippen LogP contribution in [0.5, 0.6) is 0 Å². The van der Waals surface area contributed by atoms with Gasteiger partial charge in [-0.05, 0) is 35.9 Å². The fourth-order valence-electron chi connectivity index (χ4n) is 3.24. The molecule has 0 saturated heterocycles. The van der Waals surface area contributed by atoms with Crippen LogP contribution in [0.1, 0.15) is 0 Å². The first kappa shape index (κ1) is 28.2. The van der Waals surface area contributed by atoms with E-state index < -0.39 is 29.6 Å². The largest absolute Gasteiger partial charge is 0.491 e. The van der Waals surface area contributed by atoms with E-state index in [-0.39, 0.29) is 23.1 Å². The van der Waals surface area contributed by atoms with Crippen molar-refractivity contribution in [2.75, 3.05) is 16.0 Å². The number of benzene rings is 2. The van der Waals surface area contributed by atoms with E-state index >= 15 is 0 Å². The maximum absolute atomic E-state index is 14.8. The quantitative estimate of drug-likeness (QED) is 0.0975. The minimum absolute atomic E-state index is 0.0361. The molecule has 0 unspecified atom stereocenters. The first-order valence-electron chi connectivity index (χ1n) is 11.1. The average molecular weight is 620 g/mol. The summed E-state index contributed by atoms with van der Waals surface area (Å²) in [6, 6.07) is 10.5. The average Bonchev–Trinajstić information content (AvgIpc) is 3.30. The molecule has 2 heterocycles. The Hall–Kier alpha value is -4.79. The number of hydrogen-bond acceptors (Lipinski definition) is 8. The first-order chi connectivity index (χ1) is 18.9. The number of ether oxygens (including phenoxy) is 1. The molecular formula is C25H18BrF4N7O3. The second kappa shape index (κ2) is 11.5. The summed E-state index contributed by atoms with van der Waals surface area (Å²) in [5.41, 5.74) is 1.63. The van der Waals surface area contributed by atoms with Crippen molar-refractivity contribution < 1.29 is 31.9 Å². The van der Waals surface area contributed by atoms with Gasteiger partial charge in [-0.25, -0.2) is 14.2 Å². The van der Waals surface area contributed by atoms with Crippen LogP contribution in [0, 0.1) is 5.82 Å². The van der Waals surface area contributed by atoms with Crippen molar-refractivity contribution in [3.63, 3.8) is 0 Å². The number of halogens is 5. The van der Waals surface area contributed by atoms with Gasteiger partial charge >= 0.3 is 12.1 Å². The third-order valence-corrected chi connectivity index (χ3v) is 5.61. The number of aromatic nitrogens is 4. The van der Waals surface area contributed by atoms with Crippen molar-refractivity contribution in [3.8, 4) is 11.1 Å². The van der Waals surface area contributed by atoms with E-state index in [1.54, 1.807) is 48.4 Å². The zero-order valence-corrected chi connectivity index (χ0v) is 22.0. The highest BCUT2D eigenvalue weighted by atomic mass is 79.9. The van der Waals surface area contributed by atoms with Crippen molar-refractivity contribution in [1.29, 1.82) is 0 Å². The van der Waals surface area contributed by atoms with Gasteiger partial charge in [0, 0.05) is 35.2 Å². The maximum atomic E-state index is 14.8. The van der Waals surface area contributed by atoms with Crippen LogP contribution in [0.3, 0.4) is 0 Å². The molecule has 2 aromatic heterocycles. The number of carbonyl (C=O) groups is 2. The molecular weight excluding hydrogens is 602 g/mol. The van der Waals surface area contributed by atoms with Gasteiger partial charge < -0.3 is 20.7 Å². The van der Waals surface area contributed by atoms with E-state index in [2.05, 4.69) is 58.3 Å². The summed E-state index contributed by atoms with van der Waals surface area (Å²) < 4.78 is 58.4. The van der Waals surface area contributed by atoms with Crippen LogP contribution >= 0.6 is 15.9 Å². The fraction of sp³-hybridized carbons (Fsp3) is 0.0800. The molecule has 0 bridgehead atoms. The van der Waals surface area contributed by atoms with Gasteiger partial charge in [0.1, 0.15) is 11.6 Å². The molecule has 2 aromatic carbocycles. The van der Waals surface area contributed by atoms with Crippen LogP contribution < -0.4 is 16.0 Å². The lowest BCUT2D eigenvalue weighted by Gasteiger charge is -2.15. The van der Waals surface area contributed by atoms with E-state index in [1.807, 2.05) is 0 Å². The molecule has 4 aromatic rings. The molecule has 0 saturated carbocycles. The number of nitrogens with one attached hydrogen (secondary N) is 3. The minimum atomic E-state index is -5.31. The number of amides is 1. The second-order valence-corrected chi connectivity index (χ2v) is 8.99. The molecule has 0 fully saturated rings. The van der Waals surface area contributed by atoms with Crippen LogP contribution in [-0.4, -0.2) is 37.8 Å². The summed E-state index contributed by atoms with van der Waals surface area (Å²) >= 11 is 3.37. The van der Waals surface area contributed by atoms with Gasteiger partial charge in [-0.1, -0.05) is 34.6 Å². The lowest BCUT2D eigenvalue weighted by molar-refractivity contribution is -0.195. The number of aryl methyl sites for hydroxylation is 1. The predicted octanol–water partition coefficient (Wildman–Crippen LogP) is 5.82. The number of hydrogen-bond donors (Lipinski definition) is 3. The highest BCUT2D eigenvalue weighted by Crippen LogP contribution is 2.32. The summed E-state index contributed by atoms with van der Waals surface area (Å²) in [7, 11) is 1.74. The van der Waals surface area contributed by atoms with Gasteiger partial charge in [0.05, 0.1) is 17.6 Å². The predicted molar refractivity (Wildman–Crippen MR) is 141 cm³/mol. The van der Waals surface area contributed by atoms with Crippen molar-refractivity contribution in [2.24, 2.45) is 7.05 Å². The number of nitrogens with zero attached hydrogens (tertiary/aromatic N) is 4. The molecule has 40 heavy (non-hydrogen) atoms. The highest BCUT2D eigenvalue weighted by Gasteiger charge is 2.42. The Balaban J connectivity index is 1.62. The van der Waals surface area contributed by atoms with Crippen molar-refractivity contribution in [1.82, 2.24) is 19.7 Å². The minimum Gasteiger partial charge on any atom is -0.415 e. The molecule has 10 nitrogen and oxygen atoms in total. The number of alkyl halides is 3. The van der Waals surface area contributed by atoms with E-state index in [9.17, 15) is 27.2 Å². The van der Waals surface area contributed by atoms with Gasteiger partial charge in [0.15, 0.2) is 5.76 Å². The summed E-state index contributed by atoms with van der Waals surface area (Å²) in [6.07, 6.45) is -0.527. The normalized spacial score (nSPS) is 11.1. The summed E-state index contributed by atoms with van der Waals surface area (Å²) in [5, 5.41) is 12.1. The Morgan fingerprint density at radius 1 is 1.05 bits per heavy atom. The first-order valence-corrected chi connectivity index (χ1v) is 11.9. The Bertz CT molecular complexity index is 1590. The van der Waals surface area contributed by atoms with Crippen molar-refractivity contribution >= 4 is 56.6 Å². The highest BCUT2D eigenvalue weighted by molar-refractivity contribution is 9.10. The van der Waals surface area contributed by atoms with Crippen LogP contribution in [0.2, 0.25) is 0 Å². The van der Waals surface area contributed by atoms with E-state index in [0.717, 1.165) is 16.6 Å². The smallest absolute Gasteiger partial charge is 0.415 e. The van der Waals surface area contributed by atoms with Crippen LogP contribution in [0.25, 0.3) is 11.1 Å². The molecule has 3 N–H and O–H groups in total. The zero-order valence-electron chi connectivity index (χ0n) is 20.4. The number of esters is 1. The number of rotatable bonds is 8. The topological polar surface area (TPSA) is 123 Å². The summed E-state index contributed by atoms with van der Waals surface area (Å²) in [6.45, 7) is 3.03. The van der Waals surface area contributed by atoms with Gasteiger partial charge in [-0.3, -0.25) is 9.48 Å². The molecule has 0 aliphatic rings. The van der Waals surface area contributed by atoms with E-state index in [1.165, 1.54) is 12.3 Å². The maximum Gasteiger partial charge on any atom is 0.491 e. The van der Waals surface area contributed by atoms with Crippen molar-refractivity contribution in [2.45, 2.75) is 6.18 Å². The zero-order chi connectivity index (χ0) is 29.0. The Morgan fingerprint density at radius 3 is 2.42 bits per heavy atom. The molecule has 0 aliphatic heterocycles. The Labute approximate surface area is 232 Å². The molecule has 1 amide bonds. The second-order valence-electron chi connectivity index (χ2n) is 8.07. The molecule has 0 aliphatic carbocycles. The molecule has 0 spiro atoms. The number of carbonyl (C=O) groups excluding carboxylic acids is 2. The van der Waals surface area contributed by atoms with Crippen LogP contribution in [-0.2, 0) is 21.4 Å². The van der Waals surface area contributed by atoms with E-state index in [4.69, 9.17) is 0 Å². The lowest BCUT2D eigenvalue weighted by atomic mass is 10.1. The van der Waals surface area contributed by atoms with E-state index in [0.29, 0.717) is 16.8 Å². The lowest BCUT2D eigenvalue weighted by Crippen LogP contribution is -2.28. The molecule has 15 heteroatoms. The van der Waals surface area contributed by atoms with Crippen LogP contribution in [0.15, 0.2) is 77.9 Å². The standard InChI is InChI=1S/C25H18BrF4N7O3/c1-13(40-23(39)25(28,29)30)22(38)33-16-7-8-19(27)20(9-16)35-21-18(14-3-5-15(26)6-4-14)11-31-24(36-21)34-17-10-32-37(2)12-17/h3-12H,1H2,2H3,(H,33,38)(H2,31,34,35,36). The third kappa shape index (κ3) is 6.99. The monoisotopic (exact) mass is 619 g/mol. The summed E-state index contributed by atoms with van der Waals surface area (Å²) in [4.78, 5) is 32.0. The van der Waals surface area contributed by atoms with Crippen molar-refractivity contribution in [3.05, 3.63) is 83.7 Å². The molecule has 0 radical (unpaired) electrons. The van der Waals surface area contributed by atoms with Gasteiger partial charge in [-0.2, -0.15) is 23.3 Å². The van der Waals surface area contributed by atoms with Gasteiger partial charge in [0.2, 0.25) is 5.95 Å². The Morgan fingerprint density at radius 2 is 1.77 bits per heavy atom. The van der Waals surface area contributed by atoms with Gasteiger partial charge in [-0.15, -0.1) is 0 Å². The summed E-state index contributed by atoms with van der Waals surface area (Å²) in [5.74, 6) is -5.31. The molecule has 4 rings (SSSR count). The third-order valence-electron chi connectivity index (χ3n) is 5.08. The molecule has 0 atom stereocenters. The molecule has 206 valence electrons. The SMILES string of the molecule is C=C(OC(=O)C(F)(F)F)C(=O)Nc1ccc(F)c(Nc2nc(Nc3cnn(C)c3)ncc2-c2ccc(Br)cc2)c1. The Kier molecular flexibility index (Phi) is 8.13. The van der Waals surface area contributed by atoms with Gasteiger partial charge in [0.25, 0.3) is 5.91 Å². The van der Waals surface area contributed by atoms with Crippen LogP contribution in [0.4, 0.5) is 46.4 Å². The number of anilines is 5.